The van der Waals surface area contributed by atoms with Crippen LogP contribution in [0.5, 0.6) is 5.75 Å². The molecule has 0 unspecified atom stereocenters. The molecule has 5 heteroatoms. The van der Waals surface area contributed by atoms with Gasteiger partial charge in [-0.25, -0.2) is 0 Å². The van der Waals surface area contributed by atoms with Crippen LogP contribution in [0.1, 0.15) is 12.0 Å². The summed E-state index contributed by atoms with van der Waals surface area (Å²) < 4.78 is 5.06. The highest BCUT2D eigenvalue weighted by atomic mass is 35.5. The Morgan fingerprint density at radius 3 is 2.57 bits per heavy atom. The fraction of sp³-hybridized carbons (Fsp3) is 0.188. The van der Waals surface area contributed by atoms with Crippen LogP contribution in [0.25, 0.3) is 0 Å². The highest BCUT2D eigenvalue weighted by Gasteiger charge is 2.07. The van der Waals surface area contributed by atoms with Crippen molar-refractivity contribution in [2.75, 3.05) is 12.4 Å². The minimum atomic E-state index is -0.0869. The Balaban J connectivity index is 1.93. The topological polar surface area (TPSA) is 38.3 Å². The van der Waals surface area contributed by atoms with Crippen molar-refractivity contribution >= 4 is 34.8 Å². The smallest absolute Gasteiger partial charge is 0.224 e. The van der Waals surface area contributed by atoms with E-state index >= 15 is 0 Å². The van der Waals surface area contributed by atoms with Gasteiger partial charge >= 0.3 is 0 Å². The number of methoxy groups -OCH3 is 1. The predicted molar refractivity (Wildman–Crippen MR) is 86.4 cm³/mol. The second-order valence-electron chi connectivity index (χ2n) is 4.49. The molecule has 0 aliphatic rings. The van der Waals surface area contributed by atoms with Gasteiger partial charge in [0.1, 0.15) is 5.75 Å². The molecule has 2 aromatic carbocycles. The molecule has 2 rings (SSSR count). The number of ether oxygens (including phenoxy) is 1. The van der Waals surface area contributed by atoms with Gasteiger partial charge in [0.15, 0.2) is 0 Å². The predicted octanol–water partition coefficient (Wildman–Crippen LogP) is 4.57. The van der Waals surface area contributed by atoms with E-state index in [1.54, 1.807) is 25.3 Å². The van der Waals surface area contributed by atoms with Crippen LogP contribution in [0.2, 0.25) is 10.0 Å². The summed E-state index contributed by atoms with van der Waals surface area (Å²) in [5, 5.41) is 3.94. The molecule has 0 aliphatic heterocycles. The maximum atomic E-state index is 11.9. The molecule has 0 aromatic heterocycles. The summed E-state index contributed by atoms with van der Waals surface area (Å²) >= 11 is 12.1. The number of carbonyl (C=O) groups is 1. The Morgan fingerprint density at radius 2 is 1.90 bits per heavy atom. The normalized spacial score (nSPS) is 10.2. The Hall–Kier alpha value is -1.71. The van der Waals surface area contributed by atoms with E-state index in [4.69, 9.17) is 27.9 Å². The van der Waals surface area contributed by atoms with Crippen LogP contribution in [-0.4, -0.2) is 13.0 Å². The number of rotatable bonds is 5. The fourth-order valence-electron chi connectivity index (χ4n) is 1.92. The summed E-state index contributed by atoms with van der Waals surface area (Å²) in [6, 6.07) is 12.6. The van der Waals surface area contributed by atoms with Crippen LogP contribution in [0.15, 0.2) is 42.5 Å². The van der Waals surface area contributed by atoms with Crippen LogP contribution >= 0.6 is 23.2 Å². The number of amides is 1. The molecule has 0 bridgehead atoms. The SMILES string of the molecule is COc1ccc(NC(=O)CCc2ccccc2Cl)cc1Cl. The van der Waals surface area contributed by atoms with Crippen molar-refractivity contribution in [1.82, 2.24) is 0 Å². The lowest BCUT2D eigenvalue weighted by molar-refractivity contribution is -0.116. The van der Waals surface area contributed by atoms with Gasteiger partial charge in [-0.15, -0.1) is 0 Å². The summed E-state index contributed by atoms with van der Waals surface area (Å²) in [6.07, 6.45) is 0.947. The van der Waals surface area contributed by atoms with E-state index in [-0.39, 0.29) is 5.91 Å². The monoisotopic (exact) mass is 323 g/mol. The Bertz CT molecular complexity index is 644. The lowest BCUT2D eigenvalue weighted by Crippen LogP contribution is -2.12. The zero-order valence-electron chi connectivity index (χ0n) is 11.5. The Morgan fingerprint density at radius 1 is 1.14 bits per heavy atom. The molecule has 21 heavy (non-hydrogen) atoms. The molecule has 0 atom stereocenters. The summed E-state index contributed by atoms with van der Waals surface area (Å²) in [4.78, 5) is 11.9. The molecular formula is C16H15Cl2NO2. The highest BCUT2D eigenvalue weighted by Crippen LogP contribution is 2.27. The molecule has 2 aromatic rings. The average Bonchev–Trinajstić information content (AvgIpc) is 2.46. The second-order valence-corrected chi connectivity index (χ2v) is 5.30. The maximum Gasteiger partial charge on any atom is 0.224 e. The molecule has 0 aliphatic carbocycles. The van der Waals surface area contributed by atoms with Crippen molar-refractivity contribution in [3.05, 3.63) is 58.1 Å². The van der Waals surface area contributed by atoms with Crippen LogP contribution in [-0.2, 0) is 11.2 Å². The number of aryl methyl sites for hydroxylation is 1. The van der Waals surface area contributed by atoms with Gasteiger partial charge in [-0.05, 0) is 36.2 Å². The summed E-state index contributed by atoms with van der Waals surface area (Å²) in [5.74, 6) is 0.488. The summed E-state index contributed by atoms with van der Waals surface area (Å²) in [7, 11) is 1.54. The first kappa shape index (κ1) is 15.7. The van der Waals surface area contributed by atoms with Crippen LogP contribution in [0.3, 0.4) is 0 Å². The van der Waals surface area contributed by atoms with Crippen molar-refractivity contribution < 1.29 is 9.53 Å². The number of halogens is 2. The third-order valence-corrected chi connectivity index (χ3v) is 3.68. The largest absolute Gasteiger partial charge is 0.495 e. The zero-order chi connectivity index (χ0) is 15.2. The number of anilines is 1. The zero-order valence-corrected chi connectivity index (χ0v) is 13.0. The molecule has 0 saturated heterocycles. The Kier molecular flexibility index (Phi) is 5.48. The van der Waals surface area contributed by atoms with E-state index in [1.807, 2.05) is 24.3 Å². The first-order valence-electron chi connectivity index (χ1n) is 6.47. The van der Waals surface area contributed by atoms with E-state index in [0.29, 0.717) is 34.3 Å². The van der Waals surface area contributed by atoms with E-state index in [9.17, 15) is 4.79 Å². The molecule has 110 valence electrons. The quantitative estimate of drug-likeness (QED) is 0.875. The average molecular weight is 324 g/mol. The standard InChI is InChI=1S/C16H15Cl2NO2/c1-21-15-8-7-12(10-14(15)18)19-16(20)9-6-11-4-2-3-5-13(11)17/h2-5,7-8,10H,6,9H2,1H3,(H,19,20). The fourth-order valence-corrected chi connectivity index (χ4v) is 2.40. The first-order chi connectivity index (χ1) is 10.1. The van der Waals surface area contributed by atoms with E-state index in [1.165, 1.54) is 0 Å². The van der Waals surface area contributed by atoms with E-state index in [0.717, 1.165) is 5.56 Å². The minimum Gasteiger partial charge on any atom is -0.495 e. The molecule has 0 radical (unpaired) electrons. The third-order valence-electron chi connectivity index (χ3n) is 3.01. The molecule has 0 fully saturated rings. The third kappa shape index (κ3) is 4.38. The maximum absolute atomic E-state index is 11.9. The Labute approximate surface area is 133 Å². The number of nitrogens with one attached hydrogen (secondary N) is 1. The van der Waals surface area contributed by atoms with Crippen molar-refractivity contribution in [2.24, 2.45) is 0 Å². The van der Waals surface area contributed by atoms with Crippen molar-refractivity contribution in [2.45, 2.75) is 12.8 Å². The van der Waals surface area contributed by atoms with Gasteiger partial charge in [-0.2, -0.15) is 0 Å². The van der Waals surface area contributed by atoms with Gasteiger partial charge in [-0.3, -0.25) is 4.79 Å². The molecule has 1 amide bonds. The van der Waals surface area contributed by atoms with Gasteiger partial charge in [0, 0.05) is 17.1 Å². The van der Waals surface area contributed by atoms with Crippen LogP contribution < -0.4 is 10.1 Å². The van der Waals surface area contributed by atoms with Crippen LogP contribution in [0.4, 0.5) is 5.69 Å². The number of hydrogen-bond donors (Lipinski definition) is 1. The van der Waals surface area contributed by atoms with Gasteiger partial charge in [-0.1, -0.05) is 41.4 Å². The van der Waals surface area contributed by atoms with Gasteiger partial charge < -0.3 is 10.1 Å². The first-order valence-corrected chi connectivity index (χ1v) is 7.22. The second kappa shape index (κ2) is 7.34. The van der Waals surface area contributed by atoms with Crippen molar-refractivity contribution in [1.29, 1.82) is 0 Å². The van der Waals surface area contributed by atoms with Gasteiger partial charge in [0.25, 0.3) is 0 Å². The van der Waals surface area contributed by atoms with Gasteiger partial charge in [0.2, 0.25) is 5.91 Å². The molecular weight excluding hydrogens is 309 g/mol. The van der Waals surface area contributed by atoms with E-state index < -0.39 is 0 Å². The number of hydrogen-bond acceptors (Lipinski definition) is 2. The summed E-state index contributed by atoms with van der Waals surface area (Å²) in [6.45, 7) is 0. The lowest BCUT2D eigenvalue weighted by Gasteiger charge is -2.08. The number of benzene rings is 2. The van der Waals surface area contributed by atoms with Gasteiger partial charge in [0.05, 0.1) is 12.1 Å². The van der Waals surface area contributed by atoms with E-state index in [2.05, 4.69) is 5.32 Å². The summed E-state index contributed by atoms with van der Waals surface area (Å²) in [5.41, 5.74) is 1.60. The van der Waals surface area contributed by atoms with Crippen molar-refractivity contribution in [3.8, 4) is 5.75 Å². The minimum absolute atomic E-state index is 0.0869. The molecule has 0 saturated carbocycles. The highest BCUT2D eigenvalue weighted by molar-refractivity contribution is 6.32. The van der Waals surface area contributed by atoms with Crippen molar-refractivity contribution in [3.63, 3.8) is 0 Å². The van der Waals surface area contributed by atoms with Crippen LogP contribution in [0, 0.1) is 0 Å². The molecule has 3 nitrogen and oxygen atoms in total. The number of carbonyl (C=O) groups excluding carboxylic acids is 1. The molecule has 0 heterocycles. The molecule has 0 spiro atoms. The lowest BCUT2D eigenvalue weighted by atomic mass is 10.1. The molecule has 1 N–H and O–H groups in total.